The number of carboxylic acids is 1. The van der Waals surface area contributed by atoms with Crippen molar-refractivity contribution in [3.05, 3.63) is 36.0 Å². The van der Waals surface area contributed by atoms with E-state index in [0.717, 1.165) is 16.5 Å². The molecule has 0 bridgehead atoms. The highest BCUT2D eigenvalue weighted by molar-refractivity contribution is 5.93. The summed E-state index contributed by atoms with van der Waals surface area (Å²) in [4.78, 5) is 50.5. The molecular weight excluding hydrogens is 402 g/mol. The molecular formula is C21H29N5O5. The maximum atomic E-state index is 12.7. The Hall–Kier alpha value is -3.40. The number of fused-ring (bicyclic) bond motifs is 1. The molecule has 3 atom stereocenters. The standard InChI is InChI=1S/C21H29N5O5/c1-3-12(2)19(21(31)25-10-17(27)24-11-18(28)29)26-20(30)15(22)8-13-9-23-16-7-5-4-6-14(13)16/h4-7,9,12,15,19,23H,3,8,10-11,22H2,1-2H3,(H,24,27)(H,25,31)(H,26,30)(H,28,29). The summed E-state index contributed by atoms with van der Waals surface area (Å²) in [5.74, 6) is -3.03. The van der Waals surface area contributed by atoms with Crippen LogP contribution in [0, 0.1) is 5.92 Å². The third-order valence-electron chi connectivity index (χ3n) is 5.10. The van der Waals surface area contributed by atoms with E-state index in [9.17, 15) is 19.2 Å². The molecule has 1 aromatic carbocycles. The van der Waals surface area contributed by atoms with Gasteiger partial charge in [-0.1, -0.05) is 38.5 Å². The van der Waals surface area contributed by atoms with Gasteiger partial charge in [-0.15, -0.1) is 0 Å². The van der Waals surface area contributed by atoms with E-state index in [-0.39, 0.29) is 5.92 Å². The first kappa shape index (κ1) is 23.9. The number of aromatic nitrogens is 1. The molecule has 31 heavy (non-hydrogen) atoms. The van der Waals surface area contributed by atoms with Gasteiger partial charge in [0.25, 0.3) is 0 Å². The molecule has 0 spiro atoms. The number of hydrogen-bond donors (Lipinski definition) is 6. The van der Waals surface area contributed by atoms with Crippen LogP contribution >= 0.6 is 0 Å². The molecule has 7 N–H and O–H groups in total. The highest BCUT2D eigenvalue weighted by Crippen LogP contribution is 2.19. The molecule has 0 saturated heterocycles. The molecule has 0 aliphatic heterocycles. The van der Waals surface area contributed by atoms with Gasteiger partial charge >= 0.3 is 5.97 Å². The van der Waals surface area contributed by atoms with Gasteiger partial charge in [0.05, 0.1) is 12.6 Å². The molecule has 168 valence electrons. The second-order valence-corrected chi connectivity index (χ2v) is 7.43. The third-order valence-corrected chi connectivity index (χ3v) is 5.10. The molecule has 0 fully saturated rings. The fourth-order valence-electron chi connectivity index (χ4n) is 3.11. The van der Waals surface area contributed by atoms with Crippen molar-refractivity contribution in [2.45, 2.75) is 38.8 Å². The fraction of sp³-hybridized carbons (Fsp3) is 0.429. The molecule has 3 unspecified atom stereocenters. The second-order valence-electron chi connectivity index (χ2n) is 7.43. The van der Waals surface area contributed by atoms with Crippen LogP contribution in [0.1, 0.15) is 25.8 Å². The van der Waals surface area contributed by atoms with Crippen LogP contribution in [0.4, 0.5) is 0 Å². The minimum Gasteiger partial charge on any atom is -0.480 e. The molecule has 1 aromatic heterocycles. The number of carbonyl (C=O) groups excluding carboxylic acids is 3. The Morgan fingerprint density at radius 2 is 1.81 bits per heavy atom. The third kappa shape index (κ3) is 6.82. The average Bonchev–Trinajstić information content (AvgIpc) is 3.16. The molecule has 2 aromatic rings. The van der Waals surface area contributed by atoms with Crippen LogP contribution in [-0.2, 0) is 25.6 Å². The summed E-state index contributed by atoms with van der Waals surface area (Å²) < 4.78 is 0. The van der Waals surface area contributed by atoms with E-state index in [1.807, 2.05) is 37.4 Å². The number of rotatable bonds is 11. The van der Waals surface area contributed by atoms with Gasteiger partial charge in [-0.25, -0.2) is 0 Å². The van der Waals surface area contributed by atoms with Gasteiger partial charge in [0, 0.05) is 17.1 Å². The van der Waals surface area contributed by atoms with Crippen molar-refractivity contribution in [3.63, 3.8) is 0 Å². The van der Waals surface area contributed by atoms with E-state index in [0.29, 0.717) is 12.8 Å². The van der Waals surface area contributed by atoms with Crippen molar-refractivity contribution >= 4 is 34.6 Å². The van der Waals surface area contributed by atoms with E-state index in [2.05, 4.69) is 20.9 Å². The summed E-state index contributed by atoms with van der Waals surface area (Å²) in [6, 6.07) is 5.95. The number of benzene rings is 1. The normalized spacial score (nSPS) is 13.8. The lowest BCUT2D eigenvalue weighted by molar-refractivity contribution is -0.138. The second kappa shape index (κ2) is 11.1. The number of nitrogens with one attached hydrogen (secondary N) is 4. The smallest absolute Gasteiger partial charge is 0.322 e. The molecule has 2 rings (SSSR count). The molecule has 0 saturated carbocycles. The summed E-state index contributed by atoms with van der Waals surface area (Å²) in [7, 11) is 0. The number of nitrogens with two attached hydrogens (primary N) is 1. The van der Waals surface area contributed by atoms with Gasteiger partial charge in [-0.05, 0) is 24.0 Å². The summed E-state index contributed by atoms with van der Waals surface area (Å²) in [6.45, 7) is 2.75. The number of para-hydroxylation sites is 1. The topological polar surface area (TPSA) is 166 Å². The number of aromatic amines is 1. The molecule has 0 aliphatic carbocycles. The lowest BCUT2D eigenvalue weighted by Crippen LogP contribution is -2.55. The highest BCUT2D eigenvalue weighted by atomic mass is 16.4. The first-order chi connectivity index (χ1) is 14.7. The zero-order valence-electron chi connectivity index (χ0n) is 17.6. The Kier molecular flexibility index (Phi) is 8.56. The number of hydrogen-bond acceptors (Lipinski definition) is 5. The zero-order valence-corrected chi connectivity index (χ0v) is 17.6. The van der Waals surface area contributed by atoms with E-state index in [4.69, 9.17) is 10.8 Å². The molecule has 10 nitrogen and oxygen atoms in total. The number of carboxylic acid groups (broad SMARTS) is 1. The largest absolute Gasteiger partial charge is 0.480 e. The zero-order chi connectivity index (χ0) is 23.0. The average molecular weight is 431 g/mol. The summed E-state index contributed by atoms with van der Waals surface area (Å²) in [6.07, 6.45) is 2.72. The first-order valence-electron chi connectivity index (χ1n) is 10.1. The summed E-state index contributed by atoms with van der Waals surface area (Å²) in [5.41, 5.74) is 7.95. The highest BCUT2D eigenvalue weighted by Gasteiger charge is 2.28. The van der Waals surface area contributed by atoms with Crippen molar-refractivity contribution in [3.8, 4) is 0 Å². The van der Waals surface area contributed by atoms with Gasteiger partial charge in [0.15, 0.2) is 0 Å². The van der Waals surface area contributed by atoms with Crippen molar-refractivity contribution in [2.24, 2.45) is 11.7 Å². The van der Waals surface area contributed by atoms with Crippen molar-refractivity contribution in [1.29, 1.82) is 0 Å². The first-order valence-corrected chi connectivity index (χ1v) is 10.1. The van der Waals surface area contributed by atoms with Crippen LogP contribution in [-0.4, -0.2) is 59.0 Å². The van der Waals surface area contributed by atoms with Crippen LogP contribution in [0.3, 0.4) is 0 Å². The van der Waals surface area contributed by atoms with Gasteiger partial charge in [0.2, 0.25) is 17.7 Å². The van der Waals surface area contributed by atoms with Gasteiger partial charge in [-0.3, -0.25) is 19.2 Å². The van der Waals surface area contributed by atoms with E-state index in [1.54, 1.807) is 6.92 Å². The van der Waals surface area contributed by atoms with Gasteiger partial charge in [0.1, 0.15) is 12.6 Å². The van der Waals surface area contributed by atoms with E-state index < -0.39 is 48.9 Å². The Bertz CT molecular complexity index is 941. The van der Waals surface area contributed by atoms with E-state index >= 15 is 0 Å². The number of aliphatic carboxylic acids is 1. The number of H-pyrrole nitrogens is 1. The van der Waals surface area contributed by atoms with Crippen molar-refractivity contribution < 1.29 is 24.3 Å². The predicted octanol–water partition coefficient (Wildman–Crippen LogP) is -0.114. The SMILES string of the molecule is CCC(C)C(NC(=O)C(N)Cc1c[nH]c2ccccc12)C(=O)NCC(=O)NCC(=O)O. The molecule has 3 amide bonds. The Labute approximate surface area is 179 Å². The Balaban J connectivity index is 1.97. The Morgan fingerprint density at radius 3 is 2.48 bits per heavy atom. The van der Waals surface area contributed by atoms with Crippen LogP contribution < -0.4 is 21.7 Å². The lowest BCUT2D eigenvalue weighted by atomic mass is 9.97. The minimum absolute atomic E-state index is 0.202. The van der Waals surface area contributed by atoms with Crippen LogP contribution in [0.25, 0.3) is 10.9 Å². The molecule has 0 aliphatic rings. The number of carbonyl (C=O) groups is 4. The van der Waals surface area contributed by atoms with Gasteiger partial charge < -0.3 is 31.8 Å². The van der Waals surface area contributed by atoms with E-state index in [1.165, 1.54) is 0 Å². The molecule has 0 radical (unpaired) electrons. The fourth-order valence-corrected chi connectivity index (χ4v) is 3.11. The van der Waals surface area contributed by atoms with Crippen LogP contribution in [0.15, 0.2) is 30.5 Å². The summed E-state index contributed by atoms with van der Waals surface area (Å²) >= 11 is 0. The van der Waals surface area contributed by atoms with Gasteiger partial charge in [-0.2, -0.15) is 0 Å². The van der Waals surface area contributed by atoms with Crippen LogP contribution in [0.5, 0.6) is 0 Å². The number of amides is 3. The maximum Gasteiger partial charge on any atom is 0.322 e. The molecule has 10 heteroatoms. The monoisotopic (exact) mass is 431 g/mol. The minimum atomic E-state index is -1.19. The lowest BCUT2D eigenvalue weighted by Gasteiger charge is -2.25. The van der Waals surface area contributed by atoms with Crippen molar-refractivity contribution in [1.82, 2.24) is 20.9 Å². The van der Waals surface area contributed by atoms with Crippen molar-refractivity contribution in [2.75, 3.05) is 13.1 Å². The summed E-state index contributed by atoms with van der Waals surface area (Å²) in [5, 5.41) is 16.8. The quantitative estimate of drug-likeness (QED) is 0.290. The maximum absolute atomic E-state index is 12.7. The predicted molar refractivity (Wildman–Crippen MR) is 115 cm³/mol. The van der Waals surface area contributed by atoms with Crippen LogP contribution in [0.2, 0.25) is 0 Å². The molecule has 1 heterocycles. The Morgan fingerprint density at radius 1 is 1.10 bits per heavy atom.